The van der Waals surface area contributed by atoms with Crippen LogP contribution in [0.4, 0.5) is 5.69 Å². The van der Waals surface area contributed by atoms with Gasteiger partial charge in [0.1, 0.15) is 6.54 Å². The average Bonchev–Trinajstić information content (AvgIpc) is 3.19. The number of sulfonamides is 1. The Hall–Kier alpha value is -3.84. The first-order valence-corrected chi connectivity index (χ1v) is 11.4. The summed E-state index contributed by atoms with van der Waals surface area (Å²) in [7, 11) is -3.96. The first kappa shape index (κ1) is 22.4. The van der Waals surface area contributed by atoms with E-state index in [1.165, 1.54) is 27.4 Å². The van der Waals surface area contributed by atoms with E-state index in [1.54, 1.807) is 30.3 Å². The van der Waals surface area contributed by atoms with Crippen LogP contribution >= 0.6 is 0 Å². The molecular formula is C20H19N5O7S. The lowest BCUT2D eigenvalue weighted by Crippen LogP contribution is -2.51. The van der Waals surface area contributed by atoms with E-state index >= 15 is 0 Å². The van der Waals surface area contributed by atoms with Crippen molar-refractivity contribution in [2.45, 2.75) is 11.4 Å². The number of carbonyl (C=O) groups is 1. The summed E-state index contributed by atoms with van der Waals surface area (Å²) in [6.45, 7) is -0.0622. The van der Waals surface area contributed by atoms with Gasteiger partial charge in [-0.25, -0.2) is 17.8 Å². The average molecular weight is 473 g/mol. The highest BCUT2D eigenvalue weighted by atomic mass is 32.2. The fraction of sp³-hybridized carbons (Fsp3) is 0.250. The summed E-state index contributed by atoms with van der Waals surface area (Å²) < 4.78 is 32.8. The van der Waals surface area contributed by atoms with Gasteiger partial charge in [-0.05, 0) is 6.07 Å². The number of piperazine rings is 1. The van der Waals surface area contributed by atoms with Crippen molar-refractivity contribution in [2.24, 2.45) is 0 Å². The Morgan fingerprint density at radius 2 is 1.76 bits per heavy atom. The molecule has 0 atom stereocenters. The van der Waals surface area contributed by atoms with Crippen LogP contribution in [0.1, 0.15) is 0 Å². The van der Waals surface area contributed by atoms with Crippen LogP contribution in [0.5, 0.6) is 0 Å². The molecule has 0 unspecified atom stereocenters. The molecule has 0 aliphatic carbocycles. The van der Waals surface area contributed by atoms with E-state index in [0.29, 0.717) is 5.56 Å². The van der Waals surface area contributed by atoms with Crippen molar-refractivity contribution >= 4 is 21.6 Å². The van der Waals surface area contributed by atoms with Gasteiger partial charge >= 0.3 is 5.76 Å². The second kappa shape index (κ2) is 8.96. The molecule has 172 valence electrons. The van der Waals surface area contributed by atoms with E-state index in [4.69, 9.17) is 4.52 Å². The second-order valence-corrected chi connectivity index (χ2v) is 9.20. The molecule has 0 bridgehead atoms. The van der Waals surface area contributed by atoms with Gasteiger partial charge in [-0.15, -0.1) is 0 Å². The minimum absolute atomic E-state index is 0.0147. The van der Waals surface area contributed by atoms with Gasteiger partial charge in [-0.1, -0.05) is 41.6 Å². The van der Waals surface area contributed by atoms with E-state index in [-0.39, 0.29) is 55.0 Å². The Balaban J connectivity index is 1.44. The SMILES string of the molecule is O=C(Cn1c(-c2ccccc2)noc1=O)N1CCN(S(=O)(=O)c2cccc([N+](=O)[O-])c2)CC1. The number of nitro benzene ring substituents is 1. The van der Waals surface area contributed by atoms with Gasteiger partial charge in [0, 0.05) is 43.9 Å². The van der Waals surface area contributed by atoms with Crippen LogP contribution in [0, 0.1) is 10.1 Å². The number of nitrogens with zero attached hydrogens (tertiary/aromatic N) is 5. The maximum Gasteiger partial charge on any atom is 0.442 e. The summed E-state index contributed by atoms with van der Waals surface area (Å²) in [5.74, 6) is -0.931. The lowest BCUT2D eigenvalue weighted by atomic mass is 10.2. The molecule has 1 saturated heterocycles. The standard InChI is InChI=1S/C20H19N5O7S/c26-18(14-24-19(21-32-20(24)27)15-5-2-1-3-6-15)22-9-11-23(12-10-22)33(30,31)17-8-4-7-16(13-17)25(28)29/h1-8,13H,9-12,14H2. The van der Waals surface area contributed by atoms with Crippen LogP contribution in [-0.4, -0.2) is 64.4 Å². The number of benzene rings is 2. The summed E-state index contributed by atoms with van der Waals surface area (Å²) in [4.78, 5) is 36.4. The third-order valence-electron chi connectivity index (χ3n) is 5.27. The Morgan fingerprint density at radius 1 is 1.06 bits per heavy atom. The molecule has 12 nitrogen and oxygen atoms in total. The normalized spacial score (nSPS) is 14.8. The molecule has 0 radical (unpaired) electrons. The first-order valence-electron chi connectivity index (χ1n) is 9.91. The van der Waals surface area contributed by atoms with Crippen LogP contribution in [0.3, 0.4) is 0 Å². The topological polar surface area (TPSA) is 149 Å². The highest BCUT2D eigenvalue weighted by Crippen LogP contribution is 2.22. The van der Waals surface area contributed by atoms with Gasteiger partial charge in [0.05, 0.1) is 9.82 Å². The number of hydrogen-bond acceptors (Lipinski definition) is 8. The molecule has 33 heavy (non-hydrogen) atoms. The molecule has 13 heteroatoms. The van der Waals surface area contributed by atoms with Gasteiger partial charge in [0.15, 0.2) is 5.82 Å². The molecule has 1 amide bonds. The Kier molecular flexibility index (Phi) is 6.07. The lowest BCUT2D eigenvalue weighted by Gasteiger charge is -2.34. The molecule has 2 heterocycles. The monoisotopic (exact) mass is 473 g/mol. The zero-order valence-electron chi connectivity index (χ0n) is 17.2. The number of aromatic nitrogens is 2. The fourth-order valence-corrected chi connectivity index (χ4v) is 4.98. The number of non-ortho nitro benzene ring substituents is 1. The zero-order chi connectivity index (χ0) is 23.6. The largest absolute Gasteiger partial charge is 0.442 e. The molecule has 1 aromatic heterocycles. The predicted molar refractivity (Wildman–Crippen MR) is 115 cm³/mol. The van der Waals surface area contributed by atoms with E-state index in [2.05, 4.69) is 5.16 Å². The van der Waals surface area contributed by atoms with Gasteiger partial charge in [-0.3, -0.25) is 19.4 Å². The van der Waals surface area contributed by atoms with Gasteiger partial charge in [0.2, 0.25) is 15.9 Å². The molecule has 4 rings (SSSR count). The molecule has 0 N–H and O–H groups in total. The Labute approximate surface area is 187 Å². The maximum absolute atomic E-state index is 12.9. The van der Waals surface area contributed by atoms with Gasteiger partial charge < -0.3 is 4.90 Å². The molecule has 1 aliphatic rings. The Morgan fingerprint density at radius 3 is 2.42 bits per heavy atom. The number of amides is 1. The van der Waals surface area contributed by atoms with E-state index in [1.807, 2.05) is 0 Å². The molecule has 3 aromatic rings. The molecule has 0 spiro atoms. The highest BCUT2D eigenvalue weighted by Gasteiger charge is 2.31. The molecular weight excluding hydrogens is 454 g/mol. The quantitative estimate of drug-likeness (QED) is 0.379. The van der Waals surface area contributed by atoms with Crippen LogP contribution in [-0.2, 0) is 21.4 Å². The minimum atomic E-state index is -3.96. The predicted octanol–water partition coefficient (Wildman–Crippen LogP) is 0.945. The zero-order valence-corrected chi connectivity index (χ0v) is 18.1. The summed E-state index contributed by atoms with van der Waals surface area (Å²) in [5, 5.41) is 14.7. The van der Waals surface area contributed by atoms with Crippen LogP contribution in [0.2, 0.25) is 0 Å². The summed E-state index contributed by atoms with van der Waals surface area (Å²) in [5.41, 5.74) is 0.294. The van der Waals surface area contributed by atoms with Crippen molar-refractivity contribution < 1.29 is 22.7 Å². The van der Waals surface area contributed by atoms with Gasteiger partial charge in [0.25, 0.3) is 5.69 Å². The fourth-order valence-electron chi connectivity index (χ4n) is 3.52. The molecule has 0 saturated carbocycles. The summed E-state index contributed by atoms with van der Waals surface area (Å²) in [6.07, 6.45) is 0. The number of nitro groups is 1. The summed E-state index contributed by atoms with van der Waals surface area (Å²) >= 11 is 0. The van der Waals surface area contributed by atoms with Crippen molar-refractivity contribution in [2.75, 3.05) is 26.2 Å². The Bertz CT molecular complexity index is 1340. The highest BCUT2D eigenvalue weighted by molar-refractivity contribution is 7.89. The molecule has 2 aromatic carbocycles. The van der Waals surface area contributed by atoms with Crippen molar-refractivity contribution in [3.05, 3.63) is 75.3 Å². The third-order valence-corrected chi connectivity index (χ3v) is 7.16. The van der Waals surface area contributed by atoms with Crippen LogP contribution in [0.25, 0.3) is 11.4 Å². The van der Waals surface area contributed by atoms with Crippen molar-refractivity contribution in [1.29, 1.82) is 0 Å². The molecule has 1 aliphatic heterocycles. The van der Waals surface area contributed by atoms with Crippen molar-refractivity contribution in [3.8, 4) is 11.4 Å². The number of rotatable bonds is 6. The summed E-state index contributed by atoms with van der Waals surface area (Å²) in [6, 6.07) is 13.6. The van der Waals surface area contributed by atoms with E-state index < -0.39 is 20.7 Å². The number of carbonyl (C=O) groups excluding carboxylic acids is 1. The number of hydrogen-bond donors (Lipinski definition) is 0. The second-order valence-electron chi connectivity index (χ2n) is 7.26. The van der Waals surface area contributed by atoms with Crippen molar-refractivity contribution in [3.63, 3.8) is 0 Å². The lowest BCUT2D eigenvalue weighted by molar-refractivity contribution is -0.385. The van der Waals surface area contributed by atoms with Crippen LogP contribution in [0.15, 0.2) is 68.8 Å². The van der Waals surface area contributed by atoms with Crippen LogP contribution < -0.4 is 5.76 Å². The van der Waals surface area contributed by atoms with Gasteiger partial charge in [-0.2, -0.15) is 4.31 Å². The van der Waals surface area contributed by atoms with E-state index in [0.717, 1.165) is 10.6 Å². The van der Waals surface area contributed by atoms with Crippen molar-refractivity contribution in [1.82, 2.24) is 18.9 Å². The minimum Gasteiger partial charge on any atom is -0.338 e. The maximum atomic E-state index is 12.9. The van der Waals surface area contributed by atoms with E-state index in [9.17, 15) is 28.1 Å². The smallest absolute Gasteiger partial charge is 0.338 e. The third kappa shape index (κ3) is 4.54. The first-order chi connectivity index (χ1) is 15.8. The molecule has 1 fully saturated rings.